The van der Waals surface area contributed by atoms with E-state index >= 15 is 0 Å². The molecular weight excluding hydrogens is 267 g/mol. The number of hydrogen-bond acceptors (Lipinski definition) is 3. The summed E-state index contributed by atoms with van der Waals surface area (Å²) in [6.07, 6.45) is 2.27. The average molecular weight is 294 g/mol. The molecule has 2 N–H and O–H groups in total. The maximum Gasteiger partial charge on any atom is 0.146 e. The Hall–Kier alpha value is -1.13. The minimum atomic E-state index is -0.341. The summed E-state index contributed by atoms with van der Waals surface area (Å²) in [4.78, 5) is 2.03. The third-order valence-corrected chi connectivity index (χ3v) is 4.26. The predicted molar refractivity (Wildman–Crippen MR) is 85.1 cm³/mol. The SMILES string of the molecule is CCN(CC(CO)(NC(C)C)C1CC1)c1ccccc1F. The molecule has 0 spiro atoms. The second kappa shape index (κ2) is 6.75. The largest absolute Gasteiger partial charge is 0.394 e. The summed E-state index contributed by atoms with van der Waals surface area (Å²) in [6.45, 7) is 7.63. The molecule has 1 aromatic rings. The van der Waals surface area contributed by atoms with Gasteiger partial charge >= 0.3 is 0 Å². The number of halogens is 1. The summed E-state index contributed by atoms with van der Waals surface area (Å²) in [5, 5.41) is 13.6. The molecule has 0 aromatic heterocycles. The van der Waals surface area contributed by atoms with Crippen molar-refractivity contribution in [2.45, 2.75) is 45.2 Å². The van der Waals surface area contributed by atoms with E-state index < -0.39 is 0 Å². The molecule has 1 saturated carbocycles. The van der Waals surface area contributed by atoms with Crippen molar-refractivity contribution < 1.29 is 9.50 Å². The summed E-state index contributed by atoms with van der Waals surface area (Å²) in [5.41, 5.74) is 0.274. The van der Waals surface area contributed by atoms with E-state index in [1.807, 2.05) is 24.0 Å². The van der Waals surface area contributed by atoms with Crippen LogP contribution in [0.2, 0.25) is 0 Å². The third-order valence-electron chi connectivity index (χ3n) is 4.26. The lowest BCUT2D eigenvalue weighted by Gasteiger charge is -2.40. The first-order chi connectivity index (χ1) is 10.0. The van der Waals surface area contributed by atoms with E-state index in [-0.39, 0.29) is 24.0 Å². The van der Waals surface area contributed by atoms with Crippen LogP contribution in [-0.2, 0) is 0 Å². The number of nitrogens with one attached hydrogen (secondary N) is 1. The molecule has 118 valence electrons. The van der Waals surface area contributed by atoms with Gasteiger partial charge in [0.15, 0.2) is 0 Å². The van der Waals surface area contributed by atoms with Crippen molar-refractivity contribution in [3.8, 4) is 0 Å². The van der Waals surface area contributed by atoms with Crippen molar-refractivity contribution in [1.82, 2.24) is 5.32 Å². The summed E-state index contributed by atoms with van der Waals surface area (Å²) in [7, 11) is 0. The van der Waals surface area contributed by atoms with Gasteiger partial charge in [-0.25, -0.2) is 4.39 Å². The van der Waals surface area contributed by atoms with E-state index in [0.29, 0.717) is 18.2 Å². The van der Waals surface area contributed by atoms with Crippen LogP contribution in [0, 0.1) is 11.7 Å². The summed E-state index contributed by atoms with van der Waals surface area (Å²) in [5.74, 6) is 0.275. The Balaban J connectivity index is 2.23. The molecule has 0 amide bonds. The second-order valence-electron chi connectivity index (χ2n) is 6.35. The van der Waals surface area contributed by atoms with E-state index in [1.165, 1.54) is 6.07 Å². The van der Waals surface area contributed by atoms with Crippen LogP contribution in [0.3, 0.4) is 0 Å². The number of para-hydroxylation sites is 1. The monoisotopic (exact) mass is 294 g/mol. The lowest BCUT2D eigenvalue weighted by molar-refractivity contribution is 0.135. The Kier molecular flexibility index (Phi) is 5.22. The Morgan fingerprint density at radius 3 is 2.52 bits per heavy atom. The molecule has 1 fully saturated rings. The highest BCUT2D eigenvalue weighted by Crippen LogP contribution is 2.41. The second-order valence-corrected chi connectivity index (χ2v) is 6.35. The zero-order valence-electron chi connectivity index (χ0n) is 13.3. The standard InChI is InChI=1S/C17H27FN2O/c1-4-20(16-8-6-5-7-15(16)18)11-17(12-21,14-9-10-14)19-13(2)3/h5-8,13-14,19,21H,4,9-12H2,1-3H3. The average Bonchev–Trinajstić information content (AvgIpc) is 3.29. The maximum absolute atomic E-state index is 14.1. The van der Waals surface area contributed by atoms with Crippen molar-refractivity contribution in [3.63, 3.8) is 0 Å². The Bertz CT molecular complexity index is 462. The Labute approximate surface area is 127 Å². The van der Waals surface area contributed by atoms with Crippen LogP contribution in [-0.4, -0.2) is 36.4 Å². The molecule has 0 saturated heterocycles. The van der Waals surface area contributed by atoms with Crippen molar-refractivity contribution >= 4 is 5.69 Å². The number of hydrogen-bond donors (Lipinski definition) is 2. The molecule has 1 aliphatic carbocycles. The molecule has 0 bridgehead atoms. The van der Waals surface area contributed by atoms with Gasteiger partial charge in [0.25, 0.3) is 0 Å². The molecule has 2 rings (SSSR count). The lowest BCUT2D eigenvalue weighted by atomic mass is 9.92. The van der Waals surface area contributed by atoms with Gasteiger partial charge in [-0.15, -0.1) is 0 Å². The zero-order chi connectivity index (χ0) is 15.5. The van der Waals surface area contributed by atoms with Crippen LogP contribution < -0.4 is 10.2 Å². The van der Waals surface area contributed by atoms with Gasteiger partial charge in [-0.3, -0.25) is 0 Å². The van der Waals surface area contributed by atoms with Gasteiger partial charge in [-0.1, -0.05) is 26.0 Å². The molecule has 1 aliphatic rings. The van der Waals surface area contributed by atoms with E-state index in [9.17, 15) is 9.50 Å². The quantitative estimate of drug-likeness (QED) is 0.774. The summed E-state index contributed by atoms with van der Waals surface area (Å²) < 4.78 is 14.1. The molecule has 0 aliphatic heterocycles. The van der Waals surface area contributed by atoms with E-state index in [4.69, 9.17) is 0 Å². The van der Waals surface area contributed by atoms with Gasteiger partial charge in [0, 0.05) is 19.1 Å². The summed E-state index contributed by atoms with van der Waals surface area (Å²) in [6, 6.07) is 7.15. The molecule has 1 aromatic carbocycles. The van der Waals surface area contributed by atoms with Crippen molar-refractivity contribution in [2.24, 2.45) is 5.92 Å². The molecule has 1 atom stereocenters. The molecule has 0 heterocycles. The first-order valence-corrected chi connectivity index (χ1v) is 7.90. The lowest BCUT2D eigenvalue weighted by Crippen LogP contribution is -2.60. The fourth-order valence-electron chi connectivity index (χ4n) is 3.14. The first kappa shape index (κ1) is 16.2. The minimum Gasteiger partial charge on any atom is -0.394 e. The van der Waals surface area contributed by atoms with Crippen molar-refractivity contribution in [2.75, 3.05) is 24.6 Å². The van der Waals surface area contributed by atoms with Gasteiger partial charge in [0.1, 0.15) is 5.82 Å². The van der Waals surface area contributed by atoms with Crippen molar-refractivity contribution in [3.05, 3.63) is 30.1 Å². The number of rotatable bonds is 8. The van der Waals surface area contributed by atoms with Gasteiger partial charge in [0.2, 0.25) is 0 Å². The maximum atomic E-state index is 14.1. The minimum absolute atomic E-state index is 0.0841. The highest BCUT2D eigenvalue weighted by Gasteiger charge is 2.46. The van der Waals surface area contributed by atoms with Crippen LogP contribution in [0.15, 0.2) is 24.3 Å². The van der Waals surface area contributed by atoms with Crippen LogP contribution in [0.4, 0.5) is 10.1 Å². The molecular formula is C17H27FN2O. The topological polar surface area (TPSA) is 35.5 Å². The van der Waals surface area contributed by atoms with Crippen LogP contribution in [0.25, 0.3) is 0 Å². The molecule has 4 heteroatoms. The first-order valence-electron chi connectivity index (χ1n) is 7.90. The molecule has 21 heavy (non-hydrogen) atoms. The Morgan fingerprint density at radius 2 is 2.05 bits per heavy atom. The van der Waals surface area contributed by atoms with Gasteiger partial charge in [-0.05, 0) is 37.8 Å². The van der Waals surface area contributed by atoms with Crippen LogP contribution in [0.1, 0.15) is 33.6 Å². The predicted octanol–water partition coefficient (Wildman–Crippen LogP) is 2.79. The third kappa shape index (κ3) is 3.74. The number of benzene rings is 1. The number of aliphatic hydroxyl groups excluding tert-OH is 1. The number of aliphatic hydroxyl groups is 1. The van der Waals surface area contributed by atoms with Crippen molar-refractivity contribution in [1.29, 1.82) is 0 Å². The van der Waals surface area contributed by atoms with Crippen LogP contribution in [0.5, 0.6) is 0 Å². The van der Waals surface area contributed by atoms with E-state index in [1.54, 1.807) is 6.07 Å². The van der Waals surface area contributed by atoms with Gasteiger partial charge < -0.3 is 15.3 Å². The van der Waals surface area contributed by atoms with E-state index in [0.717, 1.165) is 19.4 Å². The molecule has 1 unspecified atom stereocenters. The Morgan fingerprint density at radius 1 is 1.38 bits per heavy atom. The van der Waals surface area contributed by atoms with Gasteiger partial charge in [0.05, 0.1) is 17.8 Å². The zero-order valence-corrected chi connectivity index (χ0v) is 13.3. The fourth-order valence-corrected chi connectivity index (χ4v) is 3.14. The van der Waals surface area contributed by atoms with Gasteiger partial charge in [-0.2, -0.15) is 0 Å². The fraction of sp³-hybridized carbons (Fsp3) is 0.647. The van der Waals surface area contributed by atoms with E-state index in [2.05, 4.69) is 19.2 Å². The highest BCUT2D eigenvalue weighted by atomic mass is 19.1. The normalized spacial score (nSPS) is 17.8. The highest BCUT2D eigenvalue weighted by molar-refractivity contribution is 5.48. The molecule has 0 radical (unpaired) electrons. The number of likely N-dealkylation sites (N-methyl/N-ethyl adjacent to an activating group) is 1. The number of anilines is 1. The molecule has 3 nitrogen and oxygen atoms in total. The smallest absolute Gasteiger partial charge is 0.146 e. The number of nitrogens with zero attached hydrogens (tertiary/aromatic N) is 1. The van der Waals surface area contributed by atoms with Crippen LogP contribution >= 0.6 is 0 Å². The summed E-state index contributed by atoms with van der Waals surface area (Å²) >= 11 is 0.